The van der Waals surface area contributed by atoms with Crippen LogP contribution in [0, 0.1) is 0 Å². The molecule has 2 aromatic rings. The minimum atomic E-state index is -0.311. The van der Waals surface area contributed by atoms with Crippen LogP contribution in [0.15, 0.2) is 34.9 Å². The van der Waals surface area contributed by atoms with Crippen LogP contribution >= 0.6 is 15.9 Å². The number of hydrogen-bond donors (Lipinski definition) is 1. The molecule has 0 spiro atoms. The van der Waals surface area contributed by atoms with Crippen LogP contribution in [-0.4, -0.2) is 15.8 Å². The molecule has 0 saturated heterocycles. The van der Waals surface area contributed by atoms with Crippen molar-refractivity contribution in [1.82, 2.24) is 4.57 Å². The molecule has 0 radical (unpaired) electrons. The van der Waals surface area contributed by atoms with Crippen LogP contribution in [-0.2, 0) is 6.54 Å². The van der Waals surface area contributed by atoms with E-state index in [0.29, 0.717) is 6.54 Å². The van der Waals surface area contributed by atoms with Gasteiger partial charge in [0.1, 0.15) is 0 Å². The van der Waals surface area contributed by atoms with Crippen LogP contribution in [0.2, 0.25) is 0 Å². The molecule has 1 N–H and O–H groups in total. The summed E-state index contributed by atoms with van der Waals surface area (Å²) in [5.41, 5.74) is 1.16. The lowest BCUT2D eigenvalue weighted by atomic mass is 10.2. The lowest BCUT2D eigenvalue weighted by molar-refractivity contribution is 0.175. The number of benzene rings is 1. The largest absolute Gasteiger partial charge is 0.392 e. The molecule has 2 nitrogen and oxygen atoms in total. The summed E-state index contributed by atoms with van der Waals surface area (Å²) < 4.78 is 3.15. The highest BCUT2D eigenvalue weighted by Gasteiger charge is 2.03. The van der Waals surface area contributed by atoms with Crippen molar-refractivity contribution in [3.63, 3.8) is 0 Å². The SMILES string of the molecule is C[C@H](O)Cn1ccc2cc(Br)ccc21. The zero-order valence-electron chi connectivity index (χ0n) is 7.94. The smallest absolute Gasteiger partial charge is 0.0691 e. The molecular weight excluding hydrogens is 242 g/mol. The minimum absolute atomic E-state index is 0.311. The van der Waals surface area contributed by atoms with Crippen molar-refractivity contribution in [2.75, 3.05) is 0 Å². The van der Waals surface area contributed by atoms with Gasteiger partial charge in [-0.2, -0.15) is 0 Å². The second-order valence-electron chi connectivity index (χ2n) is 3.52. The van der Waals surface area contributed by atoms with Crippen LogP contribution < -0.4 is 0 Å². The van der Waals surface area contributed by atoms with Gasteiger partial charge in [0.2, 0.25) is 0 Å². The molecule has 2 rings (SSSR count). The molecule has 0 aliphatic carbocycles. The molecule has 1 aromatic heterocycles. The third kappa shape index (κ3) is 1.83. The van der Waals surface area contributed by atoms with Crippen molar-refractivity contribution < 1.29 is 5.11 Å². The van der Waals surface area contributed by atoms with E-state index >= 15 is 0 Å². The first kappa shape index (κ1) is 9.74. The standard InChI is InChI=1S/C11H12BrNO/c1-8(14)7-13-5-4-9-6-10(12)2-3-11(9)13/h2-6,8,14H,7H2,1H3/t8-/m0/s1. The maximum Gasteiger partial charge on any atom is 0.0691 e. The second-order valence-corrected chi connectivity index (χ2v) is 4.44. The predicted octanol–water partition coefficient (Wildman–Crippen LogP) is 2.78. The van der Waals surface area contributed by atoms with Crippen molar-refractivity contribution in [2.24, 2.45) is 0 Å². The molecule has 0 bridgehead atoms. The Bertz CT molecular complexity index is 447. The fourth-order valence-electron chi connectivity index (χ4n) is 1.61. The zero-order chi connectivity index (χ0) is 10.1. The van der Waals surface area contributed by atoms with E-state index in [9.17, 15) is 5.11 Å². The van der Waals surface area contributed by atoms with Gasteiger partial charge in [0.25, 0.3) is 0 Å². The summed E-state index contributed by atoms with van der Waals surface area (Å²) in [5.74, 6) is 0. The van der Waals surface area contributed by atoms with E-state index in [0.717, 1.165) is 9.99 Å². The van der Waals surface area contributed by atoms with Gasteiger partial charge in [-0.3, -0.25) is 0 Å². The van der Waals surface area contributed by atoms with Crippen molar-refractivity contribution in [3.05, 3.63) is 34.9 Å². The van der Waals surface area contributed by atoms with Crippen molar-refractivity contribution in [2.45, 2.75) is 19.6 Å². The van der Waals surface area contributed by atoms with E-state index < -0.39 is 0 Å². The molecule has 0 aliphatic rings. The number of aliphatic hydroxyl groups excluding tert-OH is 1. The lowest BCUT2D eigenvalue weighted by Crippen LogP contribution is -2.10. The number of aromatic nitrogens is 1. The fraction of sp³-hybridized carbons (Fsp3) is 0.273. The topological polar surface area (TPSA) is 25.2 Å². The third-order valence-electron chi connectivity index (χ3n) is 2.19. The van der Waals surface area contributed by atoms with Crippen LogP contribution in [0.1, 0.15) is 6.92 Å². The summed E-state index contributed by atoms with van der Waals surface area (Å²) in [6.07, 6.45) is 1.69. The zero-order valence-corrected chi connectivity index (χ0v) is 9.53. The molecule has 1 aromatic carbocycles. The van der Waals surface area contributed by atoms with E-state index in [4.69, 9.17) is 0 Å². The molecule has 0 saturated carbocycles. The molecule has 0 unspecified atom stereocenters. The molecule has 14 heavy (non-hydrogen) atoms. The Labute approximate surface area is 91.3 Å². The normalized spacial score (nSPS) is 13.4. The number of halogens is 1. The number of aliphatic hydroxyl groups is 1. The van der Waals surface area contributed by atoms with E-state index in [1.807, 2.05) is 12.3 Å². The molecule has 1 atom stereocenters. The minimum Gasteiger partial charge on any atom is -0.392 e. The first-order valence-electron chi connectivity index (χ1n) is 4.59. The highest BCUT2D eigenvalue weighted by molar-refractivity contribution is 9.10. The van der Waals surface area contributed by atoms with Gasteiger partial charge in [0.05, 0.1) is 6.10 Å². The van der Waals surface area contributed by atoms with Crippen LogP contribution in [0.25, 0.3) is 10.9 Å². The summed E-state index contributed by atoms with van der Waals surface area (Å²) in [7, 11) is 0. The molecular formula is C11H12BrNO. The highest BCUT2D eigenvalue weighted by Crippen LogP contribution is 2.20. The monoisotopic (exact) mass is 253 g/mol. The van der Waals surface area contributed by atoms with Crippen LogP contribution in [0.3, 0.4) is 0 Å². The average molecular weight is 254 g/mol. The molecule has 0 amide bonds. The lowest BCUT2D eigenvalue weighted by Gasteiger charge is -2.07. The van der Waals surface area contributed by atoms with Gasteiger partial charge in [0, 0.05) is 28.1 Å². The number of hydrogen-bond acceptors (Lipinski definition) is 1. The fourth-order valence-corrected chi connectivity index (χ4v) is 1.99. The van der Waals surface area contributed by atoms with E-state index in [1.165, 1.54) is 5.39 Å². The van der Waals surface area contributed by atoms with Gasteiger partial charge in [-0.15, -0.1) is 0 Å². The molecule has 0 fully saturated rings. The van der Waals surface area contributed by atoms with Crippen molar-refractivity contribution >= 4 is 26.8 Å². The van der Waals surface area contributed by atoms with Gasteiger partial charge in [-0.1, -0.05) is 15.9 Å². The maximum atomic E-state index is 9.31. The average Bonchev–Trinajstić information content (AvgIpc) is 2.47. The third-order valence-corrected chi connectivity index (χ3v) is 2.69. The summed E-state index contributed by atoms with van der Waals surface area (Å²) in [6, 6.07) is 8.21. The van der Waals surface area contributed by atoms with E-state index in [1.54, 1.807) is 6.92 Å². The van der Waals surface area contributed by atoms with Crippen molar-refractivity contribution in [1.29, 1.82) is 0 Å². The Morgan fingerprint density at radius 3 is 2.93 bits per heavy atom. The predicted molar refractivity (Wildman–Crippen MR) is 61.3 cm³/mol. The highest BCUT2D eigenvalue weighted by atomic mass is 79.9. The summed E-state index contributed by atoms with van der Waals surface area (Å²) in [5, 5.41) is 10.5. The van der Waals surface area contributed by atoms with Gasteiger partial charge >= 0.3 is 0 Å². The molecule has 74 valence electrons. The van der Waals surface area contributed by atoms with E-state index in [2.05, 4.69) is 38.7 Å². The van der Waals surface area contributed by atoms with Crippen molar-refractivity contribution in [3.8, 4) is 0 Å². The molecule has 3 heteroatoms. The first-order chi connectivity index (χ1) is 6.66. The number of fused-ring (bicyclic) bond motifs is 1. The Balaban J connectivity index is 2.47. The van der Waals surface area contributed by atoms with Crippen LogP contribution in [0.4, 0.5) is 0 Å². The Hall–Kier alpha value is -0.800. The van der Waals surface area contributed by atoms with Gasteiger partial charge in [-0.05, 0) is 31.2 Å². The summed E-state index contributed by atoms with van der Waals surface area (Å²) in [4.78, 5) is 0. The van der Waals surface area contributed by atoms with Gasteiger partial charge < -0.3 is 9.67 Å². The molecule has 1 heterocycles. The van der Waals surface area contributed by atoms with E-state index in [-0.39, 0.29) is 6.10 Å². The first-order valence-corrected chi connectivity index (χ1v) is 5.38. The maximum absolute atomic E-state index is 9.31. The quantitative estimate of drug-likeness (QED) is 0.875. The van der Waals surface area contributed by atoms with Gasteiger partial charge in [0.15, 0.2) is 0 Å². The summed E-state index contributed by atoms with van der Waals surface area (Å²) >= 11 is 3.43. The number of rotatable bonds is 2. The Kier molecular flexibility index (Phi) is 2.61. The Morgan fingerprint density at radius 2 is 2.21 bits per heavy atom. The summed E-state index contributed by atoms with van der Waals surface area (Å²) in [6.45, 7) is 2.44. The molecule has 0 aliphatic heterocycles. The second kappa shape index (κ2) is 3.75. The van der Waals surface area contributed by atoms with Gasteiger partial charge in [-0.25, -0.2) is 0 Å². The van der Waals surface area contributed by atoms with Crippen LogP contribution in [0.5, 0.6) is 0 Å². The number of nitrogens with zero attached hydrogens (tertiary/aromatic N) is 1. The Morgan fingerprint density at radius 1 is 1.43 bits per heavy atom.